The minimum Gasteiger partial charge on any atom is -0.508 e. The average Bonchev–Trinajstić information content (AvgIpc) is 2.80. The number of nitrogens with zero attached hydrogens (tertiary/aromatic N) is 4. The molecule has 1 aromatic heterocycles. The number of aromatic hydroxyl groups is 1. The van der Waals surface area contributed by atoms with E-state index in [1.165, 1.54) is 11.8 Å². The van der Waals surface area contributed by atoms with Crippen molar-refractivity contribution in [1.82, 2.24) is 14.8 Å². The predicted molar refractivity (Wildman–Crippen MR) is 137 cm³/mol. The highest BCUT2D eigenvalue weighted by Gasteiger charge is 2.34. The number of pyridine rings is 1. The molecule has 2 aliphatic rings. The number of halogens is 1. The Bertz CT molecular complexity index is 1070. The van der Waals surface area contributed by atoms with Gasteiger partial charge in [0.1, 0.15) is 11.6 Å². The molecule has 0 aliphatic carbocycles. The molecule has 2 aliphatic heterocycles. The molecule has 4 rings (SSSR count). The van der Waals surface area contributed by atoms with E-state index in [4.69, 9.17) is 11.6 Å². The number of rotatable bonds is 7. The molecule has 2 saturated heterocycles. The van der Waals surface area contributed by atoms with Gasteiger partial charge in [0, 0.05) is 38.3 Å². The van der Waals surface area contributed by atoms with Crippen LogP contribution in [0.15, 0.2) is 36.5 Å². The van der Waals surface area contributed by atoms with E-state index >= 15 is 0 Å². The summed E-state index contributed by atoms with van der Waals surface area (Å²) in [4.78, 5) is 11.9. The van der Waals surface area contributed by atoms with Gasteiger partial charge in [0.15, 0.2) is 0 Å². The first-order chi connectivity index (χ1) is 16.2. The largest absolute Gasteiger partial charge is 0.508 e. The fourth-order valence-corrected chi connectivity index (χ4v) is 5.93. The van der Waals surface area contributed by atoms with Gasteiger partial charge >= 0.3 is 0 Å². The molecular formula is C24H34ClN5O3S. The molecule has 0 spiro atoms. The number of likely N-dealkylation sites (tertiary alicyclic amines) is 1. The molecule has 0 bridgehead atoms. The number of phenolic OH excluding ortho intramolecular Hbond substituents is 1. The summed E-state index contributed by atoms with van der Waals surface area (Å²) in [5.74, 6) is 1.02. The first-order valence-corrected chi connectivity index (χ1v) is 14.1. The molecule has 1 aromatic carbocycles. The van der Waals surface area contributed by atoms with E-state index in [9.17, 15) is 13.5 Å². The highest BCUT2D eigenvalue weighted by atomic mass is 35.5. The maximum absolute atomic E-state index is 11.5. The molecule has 186 valence electrons. The number of aromatic nitrogens is 1. The Labute approximate surface area is 207 Å². The van der Waals surface area contributed by atoms with Crippen LogP contribution in [0.1, 0.15) is 31.7 Å². The van der Waals surface area contributed by atoms with Gasteiger partial charge in [-0.3, -0.25) is 14.5 Å². The molecule has 1 atom stereocenters. The van der Waals surface area contributed by atoms with E-state index in [0.29, 0.717) is 34.4 Å². The van der Waals surface area contributed by atoms with Gasteiger partial charge in [0.05, 0.1) is 23.2 Å². The number of anilines is 2. The van der Waals surface area contributed by atoms with Gasteiger partial charge in [-0.15, -0.1) is 0 Å². The number of sulfonamides is 1. The van der Waals surface area contributed by atoms with Crippen molar-refractivity contribution in [2.45, 2.75) is 44.8 Å². The van der Waals surface area contributed by atoms with Gasteiger partial charge in [-0.05, 0) is 56.1 Å². The Morgan fingerprint density at radius 2 is 1.85 bits per heavy atom. The van der Waals surface area contributed by atoms with Crippen LogP contribution in [0, 0.1) is 0 Å². The maximum Gasteiger partial charge on any atom is 0.229 e. The number of piperazine rings is 1. The summed E-state index contributed by atoms with van der Waals surface area (Å²) in [6.07, 6.45) is 5.99. The lowest BCUT2D eigenvalue weighted by Gasteiger charge is -2.47. The number of hydrogen-bond donors (Lipinski definition) is 2. The van der Waals surface area contributed by atoms with Crippen LogP contribution >= 0.6 is 11.6 Å². The van der Waals surface area contributed by atoms with Gasteiger partial charge in [0.25, 0.3) is 0 Å². The molecule has 34 heavy (non-hydrogen) atoms. The minimum atomic E-state index is -3.37. The Morgan fingerprint density at radius 1 is 1.15 bits per heavy atom. The van der Waals surface area contributed by atoms with E-state index in [0.717, 1.165) is 64.8 Å². The summed E-state index contributed by atoms with van der Waals surface area (Å²) < 4.78 is 25.4. The molecule has 10 heteroatoms. The van der Waals surface area contributed by atoms with E-state index < -0.39 is 10.0 Å². The quantitative estimate of drug-likeness (QED) is 0.593. The van der Waals surface area contributed by atoms with Crippen LogP contribution < -0.4 is 9.62 Å². The van der Waals surface area contributed by atoms with Gasteiger partial charge in [-0.1, -0.05) is 30.7 Å². The molecule has 3 heterocycles. The number of hydrogen-bond acceptors (Lipinski definition) is 7. The molecule has 0 radical (unpaired) electrons. The van der Waals surface area contributed by atoms with Crippen LogP contribution in [0.5, 0.6) is 5.75 Å². The Balaban J connectivity index is 1.34. The fourth-order valence-electron chi connectivity index (χ4n) is 5.11. The number of phenols is 1. The van der Waals surface area contributed by atoms with Gasteiger partial charge < -0.3 is 10.0 Å². The third-order valence-electron chi connectivity index (χ3n) is 6.79. The van der Waals surface area contributed by atoms with Crippen molar-refractivity contribution in [2.75, 3.05) is 48.6 Å². The van der Waals surface area contributed by atoms with Crippen LogP contribution in [0.3, 0.4) is 0 Å². The van der Waals surface area contributed by atoms with Crippen LogP contribution in [-0.2, 0) is 16.6 Å². The molecule has 2 N–H and O–H groups in total. The third kappa shape index (κ3) is 6.33. The first-order valence-electron chi connectivity index (χ1n) is 11.9. The maximum atomic E-state index is 11.5. The van der Waals surface area contributed by atoms with Crippen LogP contribution in [0.2, 0.25) is 5.02 Å². The zero-order chi connectivity index (χ0) is 24.3. The molecular weight excluding hydrogens is 474 g/mol. The molecule has 0 unspecified atom stereocenters. The number of nitrogens with one attached hydrogen (secondary N) is 1. The van der Waals surface area contributed by atoms with E-state index in [1.807, 2.05) is 12.1 Å². The molecule has 0 amide bonds. The Hall–Kier alpha value is -2.07. The van der Waals surface area contributed by atoms with Crippen molar-refractivity contribution < 1.29 is 13.5 Å². The van der Waals surface area contributed by atoms with Crippen molar-refractivity contribution >= 4 is 33.1 Å². The van der Waals surface area contributed by atoms with Gasteiger partial charge in [0.2, 0.25) is 10.0 Å². The molecule has 2 aromatic rings. The monoisotopic (exact) mass is 507 g/mol. The van der Waals surface area contributed by atoms with Crippen molar-refractivity contribution in [3.63, 3.8) is 0 Å². The van der Waals surface area contributed by atoms with Crippen LogP contribution in [0.4, 0.5) is 11.5 Å². The predicted octanol–water partition coefficient (Wildman–Crippen LogP) is 3.38. The Kier molecular flexibility index (Phi) is 7.87. The third-order valence-corrected chi connectivity index (χ3v) is 7.68. The van der Waals surface area contributed by atoms with Crippen LogP contribution in [-0.4, -0.2) is 79.4 Å². The second kappa shape index (κ2) is 10.7. The van der Waals surface area contributed by atoms with Crippen molar-refractivity contribution in [3.05, 3.63) is 47.1 Å². The summed E-state index contributed by atoms with van der Waals surface area (Å²) in [6, 6.07) is 10.1. The molecule has 0 saturated carbocycles. The highest BCUT2D eigenvalue weighted by Crippen LogP contribution is 2.31. The van der Waals surface area contributed by atoms with Crippen molar-refractivity contribution in [1.29, 1.82) is 0 Å². The topological polar surface area (TPSA) is 89.0 Å². The average molecular weight is 508 g/mol. The Morgan fingerprint density at radius 3 is 2.47 bits per heavy atom. The van der Waals surface area contributed by atoms with Gasteiger partial charge in [-0.25, -0.2) is 13.4 Å². The lowest BCUT2D eigenvalue weighted by molar-refractivity contribution is 0.0610. The lowest BCUT2D eigenvalue weighted by atomic mass is 9.98. The van der Waals surface area contributed by atoms with Crippen molar-refractivity contribution in [2.24, 2.45) is 0 Å². The SMILES string of the molecule is CC[C@H]1CN(c2ncc(NS(C)(=O)=O)cc2Cl)CCN1C1CCN(Cc2ccc(O)cc2)CC1. The van der Waals surface area contributed by atoms with E-state index in [1.54, 1.807) is 18.2 Å². The summed E-state index contributed by atoms with van der Waals surface area (Å²) in [6.45, 7) is 7.96. The molecule has 2 fully saturated rings. The summed E-state index contributed by atoms with van der Waals surface area (Å²) in [7, 11) is -3.37. The summed E-state index contributed by atoms with van der Waals surface area (Å²) >= 11 is 6.49. The van der Waals surface area contributed by atoms with E-state index in [-0.39, 0.29) is 0 Å². The van der Waals surface area contributed by atoms with Gasteiger partial charge in [-0.2, -0.15) is 0 Å². The minimum absolute atomic E-state index is 0.310. The molecule has 8 nitrogen and oxygen atoms in total. The second-order valence-corrected chi connectivity index (χ2v) is 11.5. The number of piperidine rings is 1. The lowest BCUT2D eigenvalue weighted by Crippen LogP contribution is -2.58. The van der Waals surface area contributed by atoms with Crippen molar-refractivity contribution in [3.8, 4) is 5.75 Å². The van der Waals surface area contributed by atoms with Crippen LogP contribution in [0.25, 0.3) is 0 Å². The smallest absolute Gasteiger partial charge is 0.229 e. The first kappa shape index (κ1) is 25.0. The zero-order valence-electron chi connectivity index (χ0n) is 19.8. The summed E-state index contributed by atoms with van der Waals surface area (Å²) in [5, 5.41) is 9.95. The zero-order valence-corrected chi connectivity index (χ0v) is 21.4. The number of benzene rings is 1. The highest BCUT2D eigenvalue weighted by molar-refractivity contribution is 7.92. The van der Waals surface area contributed by atoms with E-state index in [2.05, 4.69) is 31.3 Å². The fraction of sp³-hybridized carbons (Fsp3) is 0.542. The normalized spacial score (nSPS) is 21.0. The summed E-state index contributed by atoms with van der Waals surface area (Å²) in [5.41, 5.74) is 1.61. The standard InChI is InChI=1S/C24H34ClN5O3S/c1-3-20-17-29(24-23(25)14-19(15-26-24)27-34(2,32)33)12-13-30(20)21-8-10-28(11-9-21)16-18-4-6-22(31)7-5-18/h4-7,14-15,20-21,27,31H,3,8-13,16-17H2,1-2H3/t20-/m0/s1. The second-order valence-electron chi connectivity index (χ2n) is 9.32.